The van der Waals surface area contributed by atoms with Crippen molar-refractivity contribution in [1.82, 2.24) is 9.55 Å². The van der Waals surface area contributed by atoms with Gasteiger partial charge in [-0.05, 0) is 27.2 Å². The third-order valence-electron chi connectivity index (χ3n) is 2.38. The molecule has 1 rings (SSSR count). The number of hydrogen-bond donors (Lipinski definition) is 1. The summed E-state index contributed by atoms with van der Waals surface area (Å²) >= 11 is 0. The van der Waals surface area contributed by atoms with Crippen LogP contribution in [-0.4, -0.2) is 27.2 Å². The van der Waals surface area contributed by atoms with E-state index < -0.39 is 11.6 Å². The van der Waals surface area contributed by atoms with Gasteiger partial charge in [-0.2, -0.15) is 0 Å². The van der Waals surface area contributed by atoms with E-state index in [1.54, 1.807) is 6.20 Å². The first-order valence-electron chi connectivity index (χ1n) is 6.32. The monoisotopic (exact) mass is 253 g/mol. The van der Waals surface area contributed by atoms with Crippen LogP contribution in [0.4, 0.5) is 0 Å². The summed E-state index contributed by atoms with van der Waals surface area (Å²) in [6.07, 6.45) is 5.47. The van der Waals surface area contributed by atoms with Crippen LogP contribution in [-0.2, 0) is 22.5 Å². The molecule has 102 valence electrons. The molecule has 0 saturated carbocycles. The SMILES string of the molecule is CCCc1nccn1CC(N)C(=O)OC(C)(C)C. The molecule has 0 saturated heterocycles. The number of hydrogen-bond acceptors (Lipinski definition) is 4. The van der Waals surface area contributed by atoms with E-state index in [-0.39, 0.29) is 5.97 Å². The Morgan fingerprint density at radius 3 is 2.78 bits per heavy atom. The molecule has 18 heavy (non-hydrogen) atoms. The summed E-state index contributed by atoms with van der Waals surface area (Å²) in [5.74, 6) is 0.579. The molecular formula is C13H23N3O2. The number of carbonyl (C=O) groups excluding carboxylic acids is 1. The van der Waals surface area contributed by atoms with Crippen LogP contribution in [0.25, 0.3) is 0 Å². The Kier molecular flexibility index (Phi) is 4.90. The van der Waals surface area contributed by atoms with Gasteiger partial charge in [-0.25, -0.2) is 4.98 Å². The van der Waals surface area contributed by atoms with Gasteiger partial charge >= 0.3 is 5.97 Å². The lowest BCUT2D eigenvalue weighted by Gasteiger charge is -2.22. The first-order chi connectivity index (χ1) is 8.33. The highest BCUT2D eigenvalue weighted by Crippen LogP contribution is 2.09. The molecule has 0 amide bonds. The van der Waals surface area contributed by atoms with Gasteiger partial charge in [0.05, 0.1) is 0 Å². The molecular weight excluding hydrogens is 230 g/mol. The number of aromatic nitrogens is 2. The van der Waals surface area contributed by atoms with Crippen molar-refractivity contribution in [1.29, 1.82) is 0 Å². The number of aryl methyl sites for hydroxylation is 1. The zero-order chi connectivity index (χ0) is 13.8. The maximum Gasteiger partial charge on any atom is 0.325 e. The number of carbonyl (C=O) groups is 1. The van der Waals surface area contributed by atoms with E-state index >= 15 is 0 Å². The third kappa shape index (κ3) is 4.49. The molecule has 1 atom stereocenters. The Labute approximate surface area is 108 Å². The van der Waals surface area contributed by atoms with Gasteiger partial charge in [0.25, 0.3) is 0 Å². The summed E-state index contributed by atoms with van der Waals surface area (Å²) in [6.45, 7) is 7.99. The van der Waals surface area contributed by atoms with Crippen molar-refractivity contribution in [3.8, 4) is 0 Å². The van der Waals surface area contributed by atoms with E-state index in [9.17, 15) is 4.79 Å². The minimum absolute atomic E-state index is 0.376. The second kappa shape index (κ2) is 6.00. The molecule has 0 aliphatic heterocycles. The van der Waals surface area contributed by atoms with Crippen molar-refractivity contribution in [2.24, 2.45) is 5.73 Å². The van der Waals surface area contributed by atoms with E-state index in [4.69, 9.17) is 10.5 Å². The van der Waals surface area contributed by atoms with Crippen LogP contribution in [0.5, 0.6) is 0 Å². The van der Waals surface area contributed by atoms with Crippen LogP contribution in [0.1, 0.15) is 39.9 Å². The Hall–Kier alpha value is -1.36. The van der Waals surface area contributed by atoms with Crippen molar-refractivity contribution in [2.75, 3.05) is 0 Å². The van der Waals surface area contributed by atoms with Crippen molar-refractivity contribution in [3.05, 3.63) is 18.2 Å². The van der Waals surface area contributed by atoms with Crippen LogP contribution >= 0.6 is 0 Å². The largest absolute Gasteiger partial charge is 0.459 e. The van der Waals surface area contributed by atoms with Gasteiger partial charge in [0.2, 0.25) is 0 Å². The van der Waals surface area contributed by atoms with Crippen LogP contribution < -0.4 is 5.73 Å². The Morgan fingerprint density at radius 1 is 1.56 bits per heavy atom. The number of esters is 1. The fourth-order valence-corrected chi connectivity index (χ4v) is 1.62. The van der Waals surface area contributed by atoms with Crippen molar-refractivity contribution in [2.45, 2.75) is 58.7 Å². The van der Waals surface area contributed by atoms with Gasteiger partial charge in [0.1, 0.15) is 17.5 Å². The topological polar surface area (TPSA) is 70.1 Å². The summed E-state index contributed by atoms with van der Waals surface area (Å²) in [6, 6.07) is -0.658. The molecule has 1 aromatic rings. The molecule has 0 bridgehead atoms. The molecule has 0 fully saturated rings. The summed E-state index contributed by atoms with van der Waals surface area (Å²) < 4.78 is 7.17. The average molecular weight is 253 g/mol. The zero-order valence-corrected chi connectivity index (χ0v) is 11.6. The third-order valence-corrected chi connectivity index (χ3v) is 2.38. The van der Waals surface area contributed by atoms with Crippen LogP contribution in [0.15, 0.2) is 12.4 Å². The predicted molar refractivity (Wildman–Crippen MR) is 70.0 cm³/mol. The van der Waals surface area contributed by atoms with Crippen molar-refractivity contribution < 1.29 is 9.53 Å². The summed E-state index contributed by atoms with van der Waals surface area (Å²) in [5.41, 5.74) is 5.35. The summed E-state index contributed by atoms with van der Waals surface area (Å²) in [7, 11) is 0. The fraction of sp³-hybridized carbons (Fsp3) is 0.692. The lowest BCUT2D eigenvalue weighted by Crippen LogP contribution is -2.40. The van der Waals surface area contributed by atoms with Gasteiger partial charge in [-0.15, -0.1) is 0 Å². The van der Waals surface area contributed by atoms with Crippen molar-refractivity contribution >= 4 is 5.97 Å². The van der Waals surface area contributed by atoms with E-state index in [2.05, 4.69) is 11.9 Å². The number of nitrogens with zero attached hydrogens (tertiary/aromatic N) is 2. The second-order valence-electron chi connectivity index (χ2n) is 5.39. The number of ether oxygens (including phenoxy) is 1. The first-order valence-corrected chi connectivity index (χ1v) is 6.32. The van der Waals surface area contributed by atoms with Gasteiger partial charge in [-0.3, -0.25) is 4.79 Å². The van der Waals surface area contributed by atoms with Crippen molar-refractivity contribution in [3.63, 3.8) is 0 Å². The zero-order valence-electron chi connectivity index (χ0n) is 11.6. The predicted octanol–water partition coefficient (Wildman–Crippen LogP) is 1.50. The second-order valence-corrected chi connectivity index (χ2v) is 5.39. The number of rotatable bonds is 5. The Bertz CT molecular complexity index is 393. The standard InChI is InChI=1S/C13H23N3O2/c1-5-6-11-15-7-8-16(11)9-10(14)12(17)18-13(2,3)4/h7-8,10H,5-6,9,14H2,1-4H3. The van der Waals surface area contributed by atoms with E-state index in [0.29, 0.717) is 6.54 Å². The van der Waals surface area contributed by atoms with E-state index in [1.165, 1.54) is 0 Å². The molecule has 1 aromatic heterocycles. The van der Waals surface area contributed by atoms with Gasteiger partial charge in [-0.1, -0.05) is 6.92 Å². The lowest BCUT2D eigenvalue weighted by molar-refractivity contribution is -0.156. The highest BCUT2D eigenvalue weighted by molar-refractivity contribution is 5.75. The fourth-order valence-electron chi connectivity index (χ4n) is 1.62. The van der Waals surface area contributed by atoms with E-state index in [0.717, 1.165) is 18.7 Å². The summed E-state index contributed by atoms with van der Waals surface area (Å²) in [4.78, 5) is 16.0. The molecule has 1 heterocycles. The quantitative estimate of drug-likeness (QED) is 0.807. The molecule has 5 heteroatoms. The van der Waals surface area contributed by atoms with Crippen LogP contribution in [0.3, 0.4) is 0 Å². The minimum atomic E-state index is -0.658. The van der Waals surface area contributed by atoms with Gasteiger partial charge < -0.3 is 15.0 Å². The molecule has 0 spiro atoms. The minimum Gasteiger partial charge on any atom is -0.459 e. The Morgan fingerprint density at radius 2 is 2.22 bits per heavy atom. The maximum absolute atomic E-state index is 11.8. The summed E-state index contributed by atoms with van der Waals surface area (Å²) in [5, 5.41) is 0. The molecule has 1 unspecified atom stereocenters. The molecule has 0 aromatic carbocycles. The van der Waals surface area contributed by atoms with Gasteiger partial charge in [0.15, 0.2) is 0 Å². The normalized spacial score (nSPS) is 13.4. The van der Waals surface area contributed by atoms with E-state index in [1.807, 2.05) is 31.5 Å². The van der Waals surface area contributed by atoms with Gasteiger partial charge in [0, 0.05) is 25.4 Å². The smallest absolute Gasteiger partial charge is 0.325 e. The maximum atomic E-state index is 11.8. The molecule has 0 radical (unpaired) electrons. The first kappa shape index (κ1) is 14.7. The average Bonchev–Trinajstić information content (AvgIpc) is 2.64. The van der Waals surface area contributed by atoms with Crippen LogP contribution in [0.2, 0.25) is 0 Å². The Balaban J connectivity index is 2.61. The molecule has 2 N–H and O–H groups in total. The van der Waals surface area contributed by atoms with Crippen LogP contribution in [0, 0.1) is 0 Å². The highest BCUT2D eigenvalue weighted by Gasteiger charge is 2.22. The highest BCUT2D eigenvalue weighted by atomic mass is 16.6. The molecule has 5 nitrogen and oxygen atoms in total. The lowest BCUT2D eigenvalue weighted by atomic mass is 10.2. The number of nitrogens with two attached hydrogens (primary N) is 1. The molecule has 0 aliphatic carbocycles. The molecule has 0 aliphatic rings. The number of imidazole rings is 1.